The number of hydrogen-bond donors (Lipinski definition) is 1. The summed E-state index contributed by atoms with van der Waals surface area (Å²) < 4.78 is 5.71. The highest BCUT2D eigenvalue weighted by atomic mass is 16.5. The zero-order valence-electron chi connectivity index (χ0n) is 6.25. The van der Waals surface area contributed by atoms with Crippen molar-refractivity contribution < 1.29 is 4.74 Å². The first-order valence-corrected chi connectivity index (χ1v) is 4.25. The molecule has 0 bridgehead atoms. The van der Waals surface area contributed by atoms with Crippen LogP contribution in [0.1, 0.15) is 25.7 Å². The molecule has 1 saturated heterocycles. The Morgan fingerprint density at radius 2 is 2.00 bits per heavy atom. The Hall–Kier alpha value is -0.0800. The average molecular weight is 141 g/mol. The van der Waals surface area contributed by atoms with Gasteiger partial charge in [0.1, 0.15) is 0 Å². The van der Waals surface area contributed by atoms with Crippen molar-refractivity contribution in [2.45, 2.75) is 37.9 Å². The SMILES string of the molecule is NC[C@H]1CC[C@@H](C2CC2)O1. The van der Waals surface area contributed by atoms with E-state index in [-0.39, 0.29) is 0 Å². The second-order valence-corrected chi connectivity index (χ2v) is 3.45. The summed E-state index contributed by atoms with van der Waals surface area (Å²) in [6.07, 6.45) is 6.19. The van der Waals surface area contributed by atoms with Crippen LogP contribution in [-0.4, -0.2) is 18.8 Å². The molecule has 2 rings (SSSR count). The van der Waals surface area contributed by atoms with E-state index in [1.54, 1.807) is 0 Å². The van der Waals surface area contributed by atoms with Gasteiger partial charge in [-0.05, 0) is 31.6 Å². The van der Waals surface area contributed by atoms with Gasteiger partial charge in [0.2, 0.25) is 0 Å². The van der Waals surface area contributed by atoms with Gasteiger partial charge in [0.15, 0.2) is 0 Å². The van der Waals surface area contributed by atoms with Gasteiger partial charge in [0, 0.05) is 6.54 Å². The zero-order valence-corrected chi connectivity index (χ0v) is 6.25. The lowest BCUT2D eigenvalue weighted by Crippen LogP contribution is -2.21. The summed E-state index contributed by atoms with van der Waals surface area (Å²) in [5.74, 6) is 0.900. The molecule has 2 atom stereocenters. The Labute approximate surface area is 61.7 Å². The second kappa shape index (κ2) is 2.51. The highest BCUT2D eigenvalue weighted by Gasteiger charge is 2.36. The topological polar surface area (TPSA) is 35.2 Å². The maximum Gasteiger partial charge on any atom is 0.0702 e. The Kier molecular flexibility index (Phi) is 1.66. The molecule has 1 saturated carbocycles. The van der Waals surface area contributed by atoms with Crippen LogP contribution in [0.4, 0.5) is 0 Å². The van der Waals surface area contributed by atoms with Gasteiger partial charge in [-0.2, -0.15) is 0 Å². The third kappa shape index (κ3) is 1.18. The van der Waals surface area contributed by atoms with Crippen LogP contribution in [0.2, 0.25) is 0 Å². The van der Waals surface area contributed by atoms with Crippen molar-refractivity contribution in [1.82, 2.24) is 0 Å². The molecule has 2 fully saturated rings. The minimum Gasteiger partial charge on any atom is -0.373 e. The summed E-state index contributed by atoms with van der Waals surface area (Å²) in [5.41, 5.74) is 5.49. The first-order valence-electron chi connectivity index (χ1n) is 4.25. The molecule has 0 aromatic heterocycles. The van der Waals surface area contributed by atoms with Crippen LogP contribution in [0, 0.1) is 5.92 Å². The Balaban J connectivity index is 1.81. The van der Waals surface area contributed by atoms with E-state index in [0.717, 1.165) is 5.92 Å². The van der Waals surface area contributed by atoms with E-state index in [4.69, 9.17) is 10.5 Å². The summed E-state index contributed by atoms with van der Waals surface area (Å²) in [4.78, 5) is 0. The largest absolute Gasteiger partial charge is 0.373 e. The van der Waals surface area contributed by atoms with E-state index >= 15 is 0 Å². The fraction of sp³-hybridized carbons (Fsp3) is 1.00. The average Bonchev–Trinajstić information content (AvgIpc) is 2.70. The fourth-order valence-corrected chi connectivity index (χ4v) is 1.72. The number of hydrogen-bond acceptors (Lipinski definition) is 2. The summed E-state index contributed by atoms with van der Waals surface area (Å²) in [7, 11) is 0. The van der Waals surface area contributed by atoms with Crippen LogP contribution in [0.25, 0.3) is 0 Å². The van der Waals surface area contributed by atoms with Gasteiger partial charge < -0.3 is 10.5 Å². The lowest BCUT2D eigenvalue weighted by Gasteiger charge is -2.10. The Bertz CT molecular complexity index is 122. The van der Waals surface area contributed by atoms with Gasteiger partial charge in [-0.15, -0.1) is 0 Å². The lowest BCUT2D eigenvalue weighted by atomic mass is 10.1. The maximum absolute atomic E-state index is 5.71. The molecule has 0 spiro atoms. The van der Waals surface area contributed by atoms with Gasteiger partial charge in [-0.1, -0.05) is 0 Å². The molecule has 2 aliphatic rings. The van der Waals surface area contributed by atoms with Crippen molar-refractivity contribution in [2.24, 2.45) is 11.7 Å². The molecule has 2 heteroatoms. The third-order valence-corrected chi connectivity index (χ3v) is 2.55. The van der Waals surface area contributed by atoms with Gasteiger partial charge in [0.05, 0.1) is 12.2 Å². The molecule has 2 N–H and O–H groups in total. The maximum atomic E-state index is 5.71. The monoisotopic (exact) mass is 141 g/mol. The number of nitrogens with two attached hydrogens (primary N) is 1. The van der Waals surface area contributed by atoms with Crippen LogP contribution in [0.15, 0.2) is 0 Å². The fourth-order valence-electron chi connectivity index (χ4n) is 1.72. The molecule has 0 radical (unpaired) electrons. The molecule has 1 aliphatic carbocycles. The summed E-state index contributed by atoms with van der Waals surface area (Å²) in [5, 5.41) is 0. The quantitative estimate of drug-likeness (QED) is 0.620. The predicted molar refractivity (Wildman–Crippen MR) is 39.7 cm³/mol. The second-order valence-electron chi connectivity index (χ2n) is 3.45. The Morgan fingerprint density at radius 1 is 1.20 bits per heavy atom. The van der Waals surface area contributed by atoms with Crippen LogP contribution in [0.5, 0.6) is 0 Å². The van der Waals surface area contributed by atoms with Gasteiger partial charge in [0.25, 0.3) is 0 Å². The molecule has 58 valence electrons. The molecule has 0 unspecified atom stereocenters. The summed E-state index contributed by atoms with van der Waals surface area (Å²) in [6, 6.07) is 0. The first-order chi connectivity index (χ1) is 4.90. The Morgan fingerprint density at radius 3 is 2.50 bits per heavy atom. The number of rotatable bonds is 2. The predicted octanol–water partition coefficient (Wildman–Crippen LogP) is 0.903. The number of ether oxygens (including phenoxy) is 1. The van der Waals surface area contributed by atoms with Crippen molar-refractivity contribution in [3.05, 3.63) is 0 Å². The van der Waals surface area contributed by atoms with Crippen molar-refractivity contribution in [2.75, 3.05) is 6.54 Å². The molecule has 1 aliphatic heterocycles. The van der Waals surface area contributed by atoms with E-state index in [9.17, 15) is 0 Å². The molecule has 0 aromatic rings. The van der Waals surface area contributed by atoms with Crippen molar-refractivity contribution in [3.8, 4) is 0 Å². The van der Waals surface area contributed by atoms with E-state index in [1.807, 2.05) is 0 Å². The van der Waals surface area contributed by atoms with E-state index in [2.05, 4.69) is 0 Å². The summed E-state index contributed by atoms with van der Waals surface area (Å²) in [6.45, 7) is 0.712. The molecule has 10 heavy (non-hydrogen) atoms. The molecular weight excluding hydrogens is 126 g/mol. The summed E-state index contributed by atoms with van der Waals surface area (Å²) >= 11 is 0. The normalized spacial score (nSPS) is 40.5. The van der Waals surface area contributed by atoms with Gasteiger partial charge in [-0.25, -0.2) is 0 Å². The lowest BCUT2D eigenvalue weighted by molar-refractivity contribution is 0.0378. The highest BCUT2D eigenvalue weighted by Crippen LogP contribution is 2.39. The minimum atomic E-state index is 0.380. The van der Waals surface area contributed by atoms with E-state index < -0.39 is 0 Å². The van der Waals surface area contributed by atoms with E-state index in [1.165, 1.54) is 25.7 Å². The third-order valence-electron chi connectivity index (χ3n) is 2.55. The van der Waals surface area contributed by atoms with Crippen LogP contribution in [0.3, 0.4) is 0 Å². The van der Waals surface area contributed by atoms with Crippen molar-refractivity contribution in [1.29, 1.82) is 0 Å². The minimum absolute atomic E-state index is 0.380. The van der Waals surface area contributed by atoms with E-state index in [0.29, 0.717) is 18.8 Å². The van der Waals surface area contributed by atoms with Gasteiger partial charge in [-0.3, -0.25) is 0 Å². The van der Waals surface area contributed by atoms with Gasteiger partial charge >= 0.3 is 0 Å². The molecule has 0 amide bonds. The van der Waals surface area contributed by atoms with Crippen LogP contribution in [-0.2, 0) is 4.74 Å². The van der Waals surface area contributed by atoms with Crippen LogP contribution < -0.4 is 5.73 Å². The molecule has 2 nitrogen and oxygen atoms in total. The molecular formula is C8H15NO. The molecule has 1 heterocycles. The van der Waals surface area contributed by atoms with Crippen LogP contribution >= 0.6 is 0 Å². The van der Waals surface area contributed by atoms with Crippen molar-refractivity contribution >= 4 is 0 Å². The highest BCUT2D eigenvalue weighted by molar-refractivity contribution is 4.87. The zero-order chi connectivity index (χ0) is 6.97. The molecule has 0 aromatic carbocycles. The smallest absolute Gasteiger partial charge is 0.0702 e. The first kappa shape index (κ1) is 6.62. The van der Waals surface area contributed by atoms with Crippen molar-refractivity contribution in [3.63, 3.8) is 0 Å². The standard InChI is InChI=1S/C8H15NO/c9-5-7-3-4-8(10-7)6-1-2-6/h6-8H,1-5,9H2/t7-,8+/m1/s1.